The number of quaternary nitrogens is 2. The van der Waals surface area contributed by atoms with E-state index in [1.165, 1.54) is 154 Å². The first-order chi connectivity index (χ1) is 35.2. The normalized spacial score (nSPS) is 38.0. The fraction of sp³-hybridized carbons (Fsp3) is 0.969. The molecule has 0 spiro atoms. The molecule has 11 heteroatoms. The zero-order chi connectivity index (χ0) is 55.0. The minimum Gasteiger partial charge on any atom is -0.759 e. The topological polar surface area (TPSA) is 138 Å². The van der Waals surface area contributed by atoms with Crippen molar-refractivity contribution in [2.45, 2.75) is 235 Å². The first-order valence-electron chi connectivity index (χ1n) is 32.1. The molecule has 0 heterocycles. The van der Waals surface area contributed by atoms with Crippen molar-refractivity contribution in [2.24, 2.45) is 92.7 Å². The fourth-order valence-electron chi connectivity index (χ4n) is 20.7. The van der Waals surface area contributed by atoms with Crippen molar-refractivity contribution in [3.05, 3.63) is 0 Å². The second kappa shape index (κ2) is 26.5. The van der Waals surface area contributed by atoms with Crippen LogP contribution in [0.3, 0.4) is 0 Å². The van der Waals surface area contributed by atoms with Crippen LogP contribution in [0.15, 0.2) is 0 Å². The van der Waals surface area contributed by atoms with E-state index < -0.39 is 10.4 Å². The van der Waals surface area contributed by atoms with Crippen molar-refractivity contribution in [1.29, 1.82) is 0 Å². The molecule has 0 bridgehead atoms. The Hall–Kier alpha value is -1.27. The van der Waals surface area contributed by atoms with E-state index in [1.54, 1.807) is 0 Å². The van der Waals surface area contributed by atoms with Gasteiger partial charge >= 0.3 is 0 Å². The summed E-state index contributed by atoms with van der Waals surface area (Å²) < 4.78 is 36.2. The van der Waals surface area contributed by atoms with Gasteiger partial charge in [-0.3, -0.25) is 18.0 Å². The molecule has 8 rings (SSSR count). The van der Waals surface area contributed by atoms with Crippen LogP contribution < -0.4 is 10.6 Å². The minimum atomic E-state index is -5.17. The lowest BCUT2D eigenvalue weighted by Gasteiger charge is -2.61. The van der Waals surface area contributed by atoms with Crippen molar-refractivity contribution in [1.82, 2.24) is 10.6 Å². The van der Waals surface area contributed by atoms with Crippen LogP contribution in [0.4, 0.5) is 0 Å². The molecule has 8 fully saturated rings. The van der Waals surface area contributed by atoms with E-state index in [4.69, 9.17) is 17.5 Å². The van der Waals surface area contributed by atoms with Crippen LogP contribution in [0.25, 0.3) is 0 Å². The van der Waals surface area contributed by atoms with Crippen molar-refractivity contribution in [3.8, 4) is 0 Å². The Morgan fingerprint density at radius 1 is 0.507 bits per heavy atom. The molecule has 0 aliphatic heterocycles. The van der Waals surface area contributed by atoms with Gasteiger partial charge in [0.25, 0.3) is 0 Å². The molecular formula is C64H118N4O6S. The van der Waals surface area contributed by atoms with Crippen molar-refractivity contribution in [3.63, 3.8) is 0 Å². The molecule has 8 aliphatic rings. The first kappa shape index (κ1) is 62.9. The standard InChI is InChI=1S/2C32H58N2O.H2O4S/c2*1-7-22-34(5,6)23-10-21-33-30(35)17-12-24(2)27-15-16-28-26-14-13-25-11-8-9-19-31(25,3)29(26)18-20-32(27,28)4;1-5(2,3)4/h2*24-29H,7-23H2,1-6H3;(H2,1,2,3,4)/t2*24-,25?,26?,27-,28?,29?,31+,32-;/m11./s1. The molecule has 436 valence electrons. The van der Waals surface area contributed by atoms with Gasteiger partial charge in [-0.25, -0.2) is 0 Å². The number of hydrogen-bond donors (Lipinski definition) is 2. The first-order valence-corrected chi connectivity index (χ1v) is 33.4. The van der Waals surface area contributed by atoms with Crippen LogP contribution >= 0.6 is 0 Å². The summed E-state index contributed by atoms with van der Waals surface area (Å²) >= 11 is 0. The molecule has 0 aromatic heterocycles. The summed E-state index contributed by atoms with van der Waals surface area (Å²) in [7, 11) is 4.04. The zero-order valence-electron chi connectivity index (χ0n) is 50.7. The molecule has 2 amide bonds. The van der Waals surface area contributed by atoms with E-state index >= 15 is 0 Å². The molecule has 0 radical (unpaired) electrons. The van der Waals surface area contributed by atoms with Crippen LogP contribution in [0, 0.1) is 92.7 Å². The van der Waals surface area contributed by atoms with Gasteiger partial charge in [-0.15, -0.1) is 0 Å². The number of rotatable bonds is 20. The summed E-state index contributed by atoms with van der Waals surface area (Å²) in [5.74, 6) is 11.5. The minimum absolute atomic E-state index is 0.282. The van der Waals surface area contributed by atoms with Gasteiger partial charge in [-0.1, -0.05) is 81.1 Å². The summed E-state index contributed by atoms with van der Waals surface area (Å²) in [5, 5.41) is 6.46. The molecule has 0 aromatic rings. The molecule has 10 nitrogen and oxygen atoms in total. The van der Waals surface area contributed by atoms with E-state index in [0.717, 1.165) is 133 Å². The van der Waals surface area contributed by atoms with E-state index in [1.807, 2.05) is 0 Å². The van der Waals surface area contributed by atoms with Gasteiger partial charge in [0.1, 0.15) is 0 Å². The predicted octanol–water partition coefficient (Wildman–Crippen LogP) is 13.6. The lowest BCUT2D eigenvalue weighted by atomic mass is 9.44. The molecule has 75 heavy (non-hydrogen) atoms. The Labute approximate surface area is 462 Å². The van der Waals surface area contributed by atoms with Gasteiger partial charge < -0.3 is 28.7 Å². The Morgan fingerprint density at radius 2 is 0.867 bits per heavy atom. The Balaban J connectivity index is 0.000000224. The maximum absolute atomic E-state index is 12.6. The van der Waals surface area contributed by atoms with Gasteiger partial charge in [0, 0.05) is 49.2 Å². The second-order valence-corrected chi connectivity index (χ2v) is 30.7. The maximum atomic E-state index is 12.6. The Bertz CT molecular complexity index is 1800. The average Bonchev–Trinajstić information content (AvgIpc) is 3.89. The van der Waals surface area contributed by atoms with Gasteiger partial charge in [-0.05, 0) is 221 Å². The zero-order valence-corrected chi connectivity index (χ0v) is 51.5. The molecule has 8 aliphatic carbocycles. The van der Waals surface area contributed by atoms with E-state index in [-0.39, 0.29) is 11.8 Å². The van der Waals surface area contributed by atoms with Crippen LogP contribution in [0.2, 0.25) is 0 Å². The molecule has 16 atom stereocenters. The van der Waals surface area contributed by atoms with Gasteiger partial charge in [0.2, 0.25) is 11.8 Å². The summed E-state index contributed by atoms with van der Waals surface area (Å²) in [6.07, 6.45) is 37.9. The predicted molar refractivity (Wildman–Crippen MR) is 306 cm³/mol. The van der Waals surface area contributed by atoms with Crippen LogP contribution in [0.1, 0.15) is 235 Å². The van der Waals surface area contributed by atoms with Gasteiger partial charge in [-0.2, -0.15) is 0 Å². The summed E-state index contributed by atoms with van der Waals surface area (Å²) in [6.45, 7) is 26.6. The number of carbonyl (C=O) groups excluding carboxylic acids is 2. The highest BCUT2D eigenvalue weighted by atomic mass is 32.3. The number of fused-ring (bicyclic) bond motifs is 10. The Kier molecular flexibility index (Phi) is 22.3. The number of carbonyl (C=O) groups is 2. The summed E-state index contributed by atoms with van der Waals surface area (Å²) in [6, 6.07) is 0. The molecular weight excluding hydrogens is 953 g/mol. The maximum Gasteiger partial charge on any atom is 0.220 e. The van der Waals surface area contributed by atoms with Crippen LogP contribution in [-0.4, -0.2) is 106 Å². The SMILES string of the molecule is CCC[N+](C)(C)CCCNC(=O)CC[C@@H](C)[C@H]1CCC2C3CCC4CCCC[C@]4(C)C3CC[C@@]21C.CCC[N+](C)(C)CCCNC(=O)CC[C@@H](C)[C@H]1CCC2C3CCC4CCCC[C@]4(C)C3CC[C@@]21C.O=S(=O)([O-])[O-]. The third-order valence-corrected chi connectivity index (χ3v) is 24.5. The molecule has 2 N–H and O–H groups in total. The smallest absolute Gasteiger partial charge is 0.220 e. The molecule has 0 aromatic carbocycles. The number of amides is 2. The molecule has 0 saturated heterocycles. The highest BCUT2D eigenvalue weighted by Gasteiger charge is 2.62. The summed E-state index contributed by atoms with van der Waals surface area (Å²) in [4.78, 5) is 25.2. The van der Waals surface area contributed by atoms with E-state index in [2.05, 4.69) is 94.2 Å². The number of nitrogens with zero attached hydrogens (tertiary/aromatic N) is 2. The Morgan fingerprint density at radius 3 is 1.23 bits per heavy atom. The highest BCUT2D eigenvalue weighted by molar-refractivity contribution is 7.79. The van der Waals surface area contributed by atoms with Gasteiger partial charge in [0.05, 0.1) is 54.4 Å². The fourth-order valence-corrected chi connectivity index (χ4v) is 20.7. The monoisotopic (exact) mass is 1070 g/mol. The lowest BCUT2D eigenvalue weighted by molar-refractivity contribution is -0.890. The number of hydrogen-bond acceptors (Lipinski definition) is 6. The van der Waals surface area contributed by atoms with E-state index in [0.29, 0.717) is 33.5 Å². The average molecular weight is 1070 g/mol. The quantitative estimate of drug-likeness (QED) is 0.0539. The summed E-state index contributed by atoms with van der Waals surface area (Å²) in [5.41, 5.74) is 2.35. The third kappa shape index (κ3) is 15.6. The van der Waals surface area contributed by atoms with Crippen LogP contribution in [0.5, 0.6) is 0 Å². The number of nitrogens with one attached hydrogen (secondary N) is 2. The van der Waals surface area contributed by atoms with Crippen LogP contribution in [-0.2, 0) is 20.0 Å². The second-order valence-electron chi connectivity index (χ2n) is 29.9. The lowest BCUT2D eigenvalue weighted by Crippen LogP contribution is -2.53. The third-order valence-electron chi connectivity index (χ3n) is 24.5. The van der Waals surface area contributed by atoms with Crippen molar-refractivity contribution >= 4 is 22.2 Å². The van der Waals surface area contributed by atoms with E-state index in [9.17, 15) is 9.59 Å². The molecule has 8 saturated carbocycles. The van der Waals surface area contributed by atoms with Crippen molar-refractivity contribution < 1.29 is 36.1 Å². The van der Waals surface area contributed by atoms with Crippen molar-refractivity contribution in [2.75, 3.05) is 67.5 Å². The largest absolute Gasteiger partial charge is 0.759 e. The highest BCUT2D eigenvalue weighted by Crippen LogP contribution is 2.70. The van der Waals surface area contributed by atoms with Gasteiger partial charge in [0.15, 0.2) is 0 Å². The molecule has 8 unspecified atom stereocenters.